The maximum absolute atomic E-state index is 12.1. The Bertz CT molecular complexity index is 2300. The summed E-state index contributed by atoms with van der Waals surface area (Å²) >= 11 is 0. The molecule has 4 aromatic carbocycles. The zero-order valence-corrected chi connectivity index (χ0v) is 34.6. The van der Waals surface area contributed by atoms with Crippen molar-refractivity contribution in [2.75, 3.05) is 0 Å². The van der Waals surface area contributed by atoms with Gasteiger partial charge in [-0.15, -0.1) is 10.2 Å². The second kappa shape index (κ2) is 15.7. The third kappa shape index (κ3) is 9.39. The Morgan fingerprint density at radius 2 is 1.04 bits per heavy atom. The predicted octanol–water partition coefficient (Wildman–Crippen LogP) is -10.8. The quantitative estimate of drug-likeness (QED) is 0.0940. The van der Waals surface area contributed by atoms with E-state index in [0.717, 1.165) is 18.2 Å². The molecule has 0 saturated heterocycles. The van der Waals surface area contributed by atoms with Crippen molar-refractivity contribution in [1.29, 1.82) is 0 Å². The largest absolute Gasteiger partial charge is 1.00 e. The van der Waals surface area contributed by atoms with E-state index in [1.165, 1.54) is 0 Å². The summed E-state index contributed by atoms with van der Waals surface area (Å²) in [6.07, 6.45) is 0. The summed E-state index contributed by atoms with van der Waals surface area (Å²) in [6, 6.07) is 4.80. The molecule has 0 fully saturated rings. The fraction of sp³-hybridized carbons (Fsp3) is 0. The Kier molecular flexibility index (Phi) is 15.7. The first kappa shape index (κ1) is 45.0. The smallest absolute Gasteiger partial charge is 0.744 e. The number of hydrogen-bond acceptors (Lipinski definition) is 17. The van der Waals surface area contributed by atoms with Crippen LogP contribution in [-0.4, -0.2) is 67.2 Å². The molecule has 0 aliphatic carbocycles. The molecule has 0 radical (unpaired) electrons. The molecule has 0 aliphatic rings. The molecule has 17 nitrogen and oxygen atoms in total. The molecule has 3 N–H and O–H groups in total. The zero-order chi connectivity index (χ0) is 30.9. The fourth-order valence-corrected chi connectivity index (χ4v) is 6.93. The van der Waals surface area contributed by atoms with Crippen molar-refractivity contribution in [2.45, 2.75) is 19.6 Å². The Labute approximate surface area is 343 Å². The topological polar surface area (TPSA) is 314 Å². The summed E-state index contributed by atoms with van der Waals surface area (Å²) in [7, 11) is -22.6. The summed E-state index contributed by atoms with van der Waals surface area (Å²) in [5.41, 5.74) is -2.65. The molecule has 4 aromatic rings. The van der Waals surface area contributed by atoms with Crippen LogP contribution in [0.4, 0.5) is 11.4 Å². The Morgan fingerprint density at radius 3 is 1.53 bits per heavy atom. The first-order chi connectivity index (χ1) is 18.6. The number of hydrogen-bond donors (Lipinski definition) is 3. The summed E-state index contributed by atoms with van der Waals surface area (Å²) in [4.78, 5) is -6.00. The fourth-order valence-electron chi connectivity index (χ4n) is 3.87. The van der Waals surface area contributed by atoms with Gasteiger partial charge in [-0.2, -0.15) is 0 Å². The van der Waals surface area contributed by atoms with Gasteiger partial charge in [-0.3, -0.25) is 0 Å². The summed E-state index contributed by atoms with van der Waals surface area (Å²) < 4.78 is 142. The molecule has 0 heterocycles. The maximum atomic E-state index is 12.1. The van der Waals surface area contributed by atoms with E-state index in [0.29, 0.717) is 24.3 Å². The van der Waals surface area contributed by atoms with Gasteiger partial charge < -0.3 is 33.5 Å². The number of azo groups is 1. The van der Waals surface area contributed by atoms with Crippen LogP contribution in [0.2, 0.25) is 0 Å². The van der Waals surface area contributed by atoms with Gasteiger partial charge in [-0.1, -0.05) is 12.1 Å². The van der Waals surface area contributed by atoms with E-state index in [1.54, 1.807) is 0 Å². The second-order valence-corrected chi connectivity index (χ2v) is 13.4. The van der Waals surface area contributed by atoms with Crippen LogP contribution in [-0.2, 0) is 40.5 Å². The summed E-state index contributed by atoms with van der Waals surface area (Å²) in [6.45, 7) is 0. The van der Waals surface area contributed by atoms with Crippen molar-refractivity contribution in [3.63, 3.8) is 0 Å². The minimum Gasteiger partial charge on any atom is -0.744 e. The third-order valence-electron chi connectivity index (χ3n) is 5.47. The normalized spacial score (nSPS) is 12.2. The average Bonchev–Trinajstić information content (AvgIpc) is 2.79. The Balaban J connectivity index is 0.00000484. The molecule has 25 heteroatoms. The van der Waals surface area contributed by atoms with Gasteiger partial charge in [0, 0.05) is 0 Å². The number of benzene rings is 4. The molecule has 0 aliphatic heterocycles. The van der Waals surface area contributed by atoms with Gasteiger partial charge in [0.05, 0.1) is 25.5 Å². The van der Waals surface area contributed by atoms with E-state index in [2.05, 4.69) is 10.2 Å². The van der Waals surface area contributed by atoms with Gasteiger partial charge in [-0.05, 0) is 41.1 Å². The molecule has 0 aromatic heterocycles. The Morgan fingerprint density at radius 1 is 0.533 bits per heavy atom. The van der Waals surface area contributed by atoms with Crippen molar-refractivity contribution >= 4 is 73.4 Å². The van der Waals surface area contributed by atoms with E-state index < -0.39 is 105 Å². The maximum Gasteiger partial charge on any atom is 1.00 e. The predicted molar refractivity (Wildman–Crippen MR) is 129 cm³/mol. The van der Waals surface area contributed by atoms with Gasteiger partial charge in [-0.25, -0.2) is 33.7 Å². The van der Waals surface area contributed by atoms with Gasteiger partial charge in [0.1, 0.15) is 68.2 Å². The van der Waals surface area contributed by atoms with Crippen LogP contribution < -0.4 is 118 Å². The molecule has 0 bridgehead atoms. The second-order valence-electron chi connectivity index (χ2n) is 8.06. The van der Waals surface area contributed by atoms with Crippen molar-refractivity contribution in [3.05, 3.63) is 42.5 Å². The Hall–Kier alpha value is 0.0400. The first-order valence-electron chi connectivity index (χ1n) is 10.2. The molecular formula is C20H10N2Na4O15S4. The molecular weight excluding hydrogens is 728 g/mol. The van der Waals surface area contributed by atoms with E-state index in [-0.39, 0.29) is 124 Å². The number of fused-ring (bicyclic) bond motifs is 2. The minimum absolute atomic E-state index is 0. The SMILES string of the molecule is O=S(=O)([O-])c1cc(O)c2c(O)c(N=Nc3c(S(=O)(=O)[O-])c(S(=O)(=O)[O-])cc4cccc(O)c34)c(S(=O)(=O)[O-])cc2c1.[Na+].[Na+].[Na+].[Na+]. The van der Waals surface area contributed by atoms with Crippen LogP contribution in [0.1, 0.15) is 0 Å². The molecule has 0 saturated carbocycles. The minimum atomic E-state index is -5.93. The van der Waals surface area contributed by atoms with Gasteiger partial charge in [0.15, 0.2) is 5.75 Å². The van der Waals surface area contributed by atoms with Crippen LogP contribution in [0, 0.1) is 0 Å². The van der Waals surface area contributed by atoms with E-state index >= 15 is 0 Å². The molecule has 0 spiro atoms. The van der Waals surface area contributed by atoms with Crippen LogP contribution >= 0.6 is 0 Å². The van der Waals surface area contributed by atoms with E-state index in [4.69, 9.17) is 0 Å². The van der Waals surface area contributed by atoms with Gasteiger partial charge in [0.2, 0.25) is 0 Å². The molecule has 0 unspecified atom stereocenters. The van der Waals surface area contributed by atoms with Crippen LogP contribution in [0.25, 0.3) is 21.5 Å². The van der Waals surface area contributed by atoms with E-state index in [9.17, 15) is 67.2 Å². The number of rotatable bonds is 6. The van der Waals surface area contributed by atoms with Crippen molar-refractivity contribution < 1.29 is 185 Å². The molecule has 45 heavy (non-hydrogen) atoms. The van der Waals surface area contributed by atoms with Crippen LogP contribution in [0.15, 0.2) is 72.3 Å². The van der Waals surface area contributed by atoms with Gasteiger partial charge >= 0.3 is 118 Å². The third-order valence-corrected chi connectivity index (χ3v) is 9.03. The zero-order valence-electron chi connectivity index (χ0n) is 23.3. The number of phenolic OH excluding ortho intramolecular Hbond substituents is 3. The van der Waals surface area contributed by atoms with Gasteiger partial charge in [0.25, 0.3) is 0 Å². The monoisotopic (exact) mass is 738 g/mol. The molecule has 0 atom stereocenters. The van der Waals surface area contributed by atoms with Crippen LogP contribution in [0.3, 0.4) is 0 Å². The first-order valence-corrected chi connectivity index (χ1v) is 15.8. The molecule has 4 rings (SSSR count). The van der Waals surface area contributed by atoms with Crippen molar-refractivity contribution in [3.8, 4) is 17.2 Å². The summed E-state index contributed by atoms with van der Waals surface area (Å²) in [5, 5.41) is 35.4. The number of aromatic hydroxyl groups is 3. The standard InChI is InChI=1S/C20H14N2O15S4.4Na/c23-11-3-1-2-8-5-14(40(32,33)34)20(41(35,36)37)18(15(8)11)22-21-17-13(39(29,30)31)6-9-4-10(38(26,27)28)7-12(24)16(9)19(17)25;;;;/h1-7,23-25H,(H,26,27,28)(H,29,30,31)(H,32,33,34)(H,35,36,37);;;;/q;4*+1/p-4. The molecule has 0 amide bonds. The van der Waals surface area contributed by atoms with Crippen molar-refractivity contribution in [1.82, 2.24) is 0 Å². The van der Waals surface area contributed by atoms with Crippen molar-refractivity contribution in [2.24, 2.45) is 10.2 Å². The summed E-state index contributed by atoms with van der Waals surface area (Å²) in [5.74, 6) is -3.36. The molecule has 218 valence electrons. The number of nitrogens with zero attached hydrogens (tertiary/aromatic N) is 2. The van der Waals surface area contributed by atoms with E-state index in [1.807, 2.05) is 0 Å². The number of phenols is 3. The van der Waals surface area contributed by atoms with Crippen LogP contribution in [0.5, 0.6) is 17.2 Å². The average molecular weight is 739 g/mol.